The van der Waals surface area contributed by atoms with Gasteiger partial charge in [0.25, 0.3) is 0 Å². The van der Waals surface area contributed by atoms with Gasteiger partial charge in [-0.05, 0) is 55.3 Å². The van der Waals surface area contributed by atoms with Crippen molar-refractivity contribution in [2.45, 2.75) is 52.5 Å². The molecule has 2 heteroatoms. The molecule has 1 N–H and O–H groups in total. The van der Waals surface area contributed by atoms with E-state index in [1.54, 1.807) is 0 Å². The lowest BCUT2D eigenvalue weighted by Crippen LogP contribution is -2.21. The summed E-state index contributed by atoms with van der Waals surface area (Å²) in [6.45, 7) is 9.80. The Morgan fingerprint density at radius 2 is 2.05 bits per heavy atom. The summed E-state index contributed by atoms with van der Waals surface area (Å²) in [5, 5.41) is 4.90. The van der Waals surface area contributed by atoms with E-state index in [4.69, 9.17) is 4.42 Å². The SMILES string of the molecule is CCNC(c1cc2c(C(C)C)ccc(C)c2o1)C1CC1. The molecule has 0 aliphatic heterocycles. The van der Waals surface area contributed by atoms with Crippen LogP contribution in [0, 0.1) is 12.8 Å². The Bertz CT molecular complexity index is 607. The summed E-state index contributed by atoms with van der Waals surface area (Å²) in [5.41, 5.74) is 3.71. The van der Waals surface area contributed by atoms with E-state index in [0.717, 1.165) is 23.8 Å². The normalized spacial score (nSPS) is 17.1. The molecule has 2 nitrogen and oxygen atoms in total. The first-order chi connectivity index (χ1) is 9.61. The molecule has 1 heterocycles. The van der Waals surface area contributed by atoms with Crippen molar-refractivity contribution in [2.75, 3.05) is 6.54 Å². The predicted octanol–water partition coefficient (Wildman–Crippen LogP) is 4.93. The van der Waals surface area contributed by atoms with E-state index in [1.807, 2.05) is 0 Å². The quantitative estimate of drug-likeness (QED) is 0.834. The minimum atomic E-state index is 0.395. The minimum Gasteiger partial charge on any atom is -0.459 e. The average Bonchev–Trinajstić information content (AvgIpc) is 3.14. The van der Waals surface area contributed by atoms with Crippen LogP contribution in [-0.2, 0) is 0 Å². The van der Waals surface area contributed by atoms with Crippen LogP contribution in [0.5, 0.6) is 0 Å². The molecule has 1 aliphatic carbocycles. The van der Waals surface area contributed by atoms with Gasteiger partial charge in [0.15, 0.2) is 0 Å². The van der Waals surface area contributed by atoms with Crippen LogP contribution in [0.3, 0.4) is 0 Å². The molecule has 1 aliphatic rings. The molecule has 2 aromatic rings. The largest absolute Gasteiger partial charge is 0.459 e. The number of furan rings is 1. The maximum Gasteiger partial charge on any atom is 0.137 e. The molecule has 3 rings (SSSR count). The minimum absolute atomic E-state index is 0.395. The lowest BCUT2D eigenvalue weighted by molar-refractivity contribution is 0.403. The van der Waals surface area contributed by atoms with Gasteiger partial charge in [-0.2, -0.15) is 0 Å². The van der Waals surface area contributed by atoms with E-state index < -0.39 is 0 Å². The van der Waals surface area contributed by atoms with E-state index in [-0.39, 0.29) is 0 Å². The molecule has 0 radical (unpaired) electrons. The Balaban J connectivity index is 2.08. The van der Waals surface area contributed by atoms with Gasteiger partial charge in [-0.3, -0.25) is 0 Å². The molecular formula is C18H25NO. The van der Waals surface area contributed by atoms with E-state index >= 15 is 0 Å². The number of rotatable bonds is 5. The van der Waals surface area contributed by atoms with E-state index in [0.29, 0.717) is 12.0 Å². The van der Waals surface area contributed by atoms with Gasteiger partial charge in [0.05, 0.1) is 6.04 Å². The second-order valence-corrected chi connectivity index (χ2v) is 6.39. The molecule has 108 valence electrons. The Morgan fingerprint density at radius 1 is 1.30 bits per heavy atom. The molecule has 1 saturated carbocycles. The molecule has 1 unspecified atom stereocenters. The van der Waals surface area contributed by atoms with Gasteiger partial charge in [0.2, 0.25) is 0 Å². The highest BCUT2D eigenvalue weighted by Gasteiger charge is 2.34. The van der Waals surface area contributed by atoms with E-state index in [1.165, 1.54) is 29.4 Å². The molecular weight excluding hydrogens is 246 g/mol. The van der Waals surface area contributed by atoms with Crippen LogP contribution in [0.1, 0.15) is 62.5 Å². The highest BCUT2D eigenvalue weighted by atomic mass is 16.3. The topological polar surface area (TPSA) is 25.2 Å². The summed E-state index contributed by atoms with van der Waals surface area (Å²) in [7, 11) is 0. The fourth-order valence-electron chi connectivity index (χ4n) is 3.10. The van der Waals surface area contributed by atoms with Crippen molar-refractivity contribution in [3.8, 4) is 0 Å². The lowest BCUT2D eigenvalue weighted by atomic mass is 9.97. The van der Waals surface area contributed by atoms with Crippen molar-refractivity contribution in [1.29, 1.82) is 0 Å². The Hall–Kier alpha value is -1.28. The zero-order chi connectivity index (χ0) is 14.3. The first kappa shape index (κ1) is 13.7. The molecule has 0 bridgehead atoms. The molecule has 1 atom stereocenters. The molecule has 1 fully saturated rings. The van der Waals surface area contributed by atoms with Crippen molar-refractivity contribution >= 4 is 11.0 Å². The summed E-state index contributed by atoms with van der Waals surface area (Å²) >= 11 is 0. The third-order valence-electron chi connectivity index (χ3n) is 4.38. The number of fused-ring (bicyclic) bond motifs is 1. The predicted molar refractivity (Wildman–Crippen MR) is 84.2 cm³/mol. The number of hydrogen-bond acceptors (Lipinski definition) is 2. The molecule has 20 heavy (non-hydrogen) atoms. The molecule has 0 saturated heterocycles. The summed E-state index contributed by atoms with van der Waals surface area (Å²) in [6.07, 6.45) is 2.65. The van der Waals surface area contributed by atoms with E-state index in [2.05, 4.69) is 51.2 Å². The van der Waals surface area contributed by atoms with Crippen LogP contribution in [0.25, 0.3) is 11.0 Å². The van der Waals surface area contributed by atoms with Crippen molar-refractivity contribution in [3.05, 3.63) is 35.1 Å². The lowest BCUT2D eigenvalue weighted by Gasteiger charge is -2.13. The van der Waals surface area contributed by atoms with Gasteiger partial charge in [-0.15, -0.1) is 0 Å². The van der Waals surface area contributed by atoms with Gasteiger partial charge in [0, 0.05) is 5.39 Å². The fourth-order valence-corrected chi connectivity index (χ4v) is 3.10. The van der Waals surface area contributed by atoms with Crippen molar-refractivity contribution in [1.82, 2.24) is 5.32 Å². The van der Waals surface area contributed by atoms with Crippen LogP contribution >= 0.6 is 0 Å². The third kappa shape index (κ3) is 2.37. The molecule has 0 amide bonds. The van der Waals surface area contributed by atoms with Crippen LogP contribution in [0.15, 0.2) is 22.6 Å². The van der Waals surface area contributed by atoms with Gasteiger partial charge in [0.1, 0.15) is 11.3 Å². The van der Waals surface area contributed by atoms with Gasteiger partial charge >= 0.3 is 0 Å². The zero-order valence-corrected chi connectivity index (χ0v) is 13.0. The maximum absolute atomic E-state index is 6.24. The maximum atomic E-state index is 6.24. The van der Waals surface area contributed by atoms with Crippen molar-refractivity contribution in [3.63, 3.8) is 0 Å². The average molecular weight is 271 g/mol. The summed E-state index contributed by atoms with van der Waals surface area (Å²) in [6, 6.07) is 7.11. The van der Waals surface area contributed by atoms with E-state index in [9.17, 15) is 0 Å². The fraction of sp³-hybridized carbons (Fsp3) is 0.556. The number of benzene rings is 1. The summed E-state index contributed by atoms with van der Waals surface area (Å²) in [4.78, 5) is 0. The Labute approximate surface area is 121 Å². The van der Waals surface area contributed by atoms with Gasteiger partial charge in [-0.1, -0.05) is 32.9 Å². The first-order valence-electron chi connectivity index (χ1n) is 7.88. The Kier molecular flexibility index (Phi) is 3.59. The second kappa shape index (κ2) is 5.25. The van der Waals surface area contributed by atoms with Crippen LogP contribution in [0.4, 0.5) is 0 Å². The second-order valence-electron chi connectivity index (χ2n) is 6.39. The van der Waals surface area contributed by atoms with Gasteiger partial charge in [-0.25, -0.2) is 0 Å². The molecule has 0 spiro atoms. The third-order valence-corrected chi connectivity index (χ3v) is 4.38. The Morgan fingerprint density at radius 3 is 2.65 bits per heavy atom. The van der Waals surface area contributed by atoms with Crippen LogP contribution in [0.2, 0.25) is 0 Å². The summed E-state index contributed by atoms with van der Waals surface area (Å²) in [5.74, 6) is 2.42. The highest BCUT2D eigenvalue weighted by molar-refractivity contribution is 5.85. The van der Waals surface area contributed by atoms with Crippen molar-refractivity contribution < 1.29 is 4.42 Å². The monoisotopic (exact) mass is 271 g/mol. The number of hydrogen-bond donors (Lipinski definition) is 1. The molecule has 1 aromatic heterocycles. The highest BCUT2D eigenvalue weighted by Crippen LogP contribution is 2.43. The first-order valence-corrected chi connectivity index (χ1v) is 7.88. The smallest absolute Gasteiger partial charge is 0.137 e. The number of nitrogens with one attached hydrogen (secondary N) is 1. The van der Waals surface area contributed by atoms with Gasteiger partial charge < -0.3 is 9.73 Å². The number of aryl methyl sites for hydroxylation is 1. The summed E-state index contributed by atoms with van der Waals surface area (Å²) < 4.78 is 6.24. The van der Waals surface area contributed by atoms with Crippen LogP contribution in [-0.4, -0.2) is 6.54 Å². The molecule has 1 aromatic carbocycles. The van der Waals surface area contributed by atoms with Crippen LogP contribution < -0.4 is 5.32 Å². The standard InChI is InChI=1S/C18H25NO/c1-5-19-17(13-7-8-13)16-10-15-14(11(2)3)9-6-12(4)18(15)20-16/h6,9-11,13,17,19H,5,7-8H2,1-4H3. The zero-order valence-electron chi connectivity index (χ0n) is 13.0. The van der Waals surface area contributed by atoms with Crippen molar-refractivity contribution in [2.24, 2.45) is 5.92 Å².